The minimum absolute atomic E-state index is 0.365. The second-order valence-electron chi connectivity index (χ2n) is 6.57. The topological polar surface area (TPSA) is 49.8 Å². The van der Waals surface area contributed by atoms with Gasteiger partial charge in [0.25, 0.3) is 0 Å². The summed E-state index contributed by atoms with van der Waals surface area (Å²) in [4.78, 5) is 8.55. The largest absolute Gasteiger partial charge is 0.351 e. The third kappa shape index (κ3) is 3.23. The fraction of sp³-hybridized carbons (Fsp3) is 0.529. The molecule has 1 saturated carbocycles. The summed E-state index contributed by atoms with van der Waals surface area (Å²) in [5.74, 6) is 1.79. The van der Waals surface area contributed by atoms with Crippen LogP contribution < -0.4 is 10.6 Å². The van der Waals surface area contributed by atoms with Gasteiger partial charge >= 0.3 is 0 Å². The normalized spacial score (nSPS) is 27.4. The van der Waals surface area contributed by atoms with Crippen LogP contribution in [0, 0.1) is 17.7 Å². The molecule has 0 bridgehead atoms. The third-order valence-electron chi connectivity index (χ3n) is 5.11. The van der Waals surface area contributed by atoms with E-state index in [1.165, 1.54) is 25.5 Å². The molecule has 3 unspecified atom stereocenters. The van der Waals surface area contributed by atoms with E-state index in [0.717, 1.165) is 36.9 Å². The van der Waals surface area contributed by atoms with Crippen molar-refractivity contribution in [1.29, 1.82) is 0 Å². The number of rotatable bonds is 3. The molecule has 2 N–H and O–H groups in total. The first-order chi connectivity index (χ1) is 11.3. The van der Waals surface area contributed by atoms with Crippen LogP contribution in [0.5, 0.6) is 0 Å². The second-order valence-corrected chi connectivity index (χ2v) is 7.35. The Hall–Kier alpha value is -1.53. The molecule has 0 amide bonds. The van der Waals surface area contributed by atoms with Crippen molar-refractivity contribution in [3.63, 3.8) is 0 Å². The molecular weight excluding hydrogens is 311 g/mol. The molecule has 2 aliphatic rings. The fourth-order valence-electron chi connectivity index (χ4n) is 3.88. The molecule has 2 fully saturated rings. The average molecular weight is 332 g/mol. The van der Waals surface area contributed by atoms with Crippen molar-refractivity contribution in [2.75, 3.05) is 18.4 Å². The SMILES string of the molecule is Fc1cnc(NC2CCC3CNCCC3C2)nc1-c1ccsc1. The zero-order valence-corrected chi connectivity index (χ0v) is 13.8. The quantitative estimate of drug-likeness (QED) is 0.903. The molecule has 2 aromatic rings. The molecule has 1 aliphatic carbocycles. The van der Waals surface area contributed by atoms with Gasteiger partial charge < -0.3 is 10.6 Å². The lowest BCUT2D eigenvalue weighted by Crippen LogP contribution is -2.43. The van der Waals surface area contributed by atoms with Gasteiger partial charge in [-0.15, -0.1) is 0 Å². The van der Waals surface area contributed by atoms with Gasteiger partial charge in [-0.1, -0.05) is 0 Å². The zero-order chi connectivity index (χ0) is 15.6. The molecule has 0 aromatic carbocycles. The summed E-state index contributed by atoms with van der Waals surface area (Å²) in [5, 5.41) is 10.8. The summed E-state index contributed by atoms with van der Waals surface area (Å²) in [7, 11) is 0. The number of nitrogens with one attached hydrogen (secondary N) is 2. The van der Waals surface area contributed by atoms with Crippen molar-refractivity contribution >= 4 is 17.3 Å². The number of thiophene rings is 1. The molecule has 3 atom stereocenters. The average Bonchev–Trinajstić information content (AvgIpc) is 3.11. The number of hydrogen-bond donors (Lipinski definition) is 2. The van der Waals surface area contributed by atoms with E-state index in [-0.39, 0.29) is 5.82 Å². The van der Waals surface area contributed by atoms with Gasteiger partial charge in [-0.3, -0.25) is 0 Å². The van der Waals surface area contributed by atoms with Gasteiger partial charge in [0, 0.05) is 17.0 Å². The summed E-state index contributed by atoms with van der Waals surface area (Å²) in [6.07, 6.45) is 6.08. The third-order valence-corrected chi connectivity index (χ3v) is 5.79. The number of anilines is 1. The van der Waals surface area contributed by atoms with Crippen molar-refractivity contribution in [2.45, 2.75) is 31.7 Å². The first-order valence-corrected chi connectivity index (χ1v) is 9.26. The molecule has 4 rings (SSSR count). The summed E-state index contributed by atoms with van der Waals surface area (Å²) in [6.45, 7) is 2.29. The summed E-state index contributed by atoms with van der Waals surface area (Å²) in [6, 6.07) is 2.29. The van der Waals surface area contributed by atoms with Gasteiger partial charge in [0.1, 0.15) is 5.69 Å². The number of nitrogens with zero attached hydrogens (tertiary/aromatic N) is 2. The van der Waals surface area contributed by atoms with Crippen LogP contribution in [0.3, 0.4) is 0 Å². The number of fused-ring (bicyclic) bond motifs is 1. The van der Waals surface area contributed by atoms with E-state index in [1.54, 1.807) is 11.3 Å². The lowest BCUT2D eigenvalue weighted by molar-refractivity contribution is 0.175. The molecule has 0 radical (unpaired) electrons. The van der Waals surface area contributed by atoms with Gasteiger partial charge in [0.05, 0.1) is 6.20 Å². The Morgan fingerprint density at radius 2 is 2.22 bits per heavy atom. The van der Waals surface area contributed by atoms with Gasteiger partial charge in [0.2, 0.25) is 5.95 Å². The molecule has 0 spiro atoms. The second kappa shape index (κ2) is 6.53. The number of aromatic nitrogens is 2. The van der Waals surface area contributed by atoms with E-state index in [2.05, 4.69) is 20.6 Å². The Labute approximate surface area is 139 Å². The minimum Gasteiger partial charge on any atom is -0.351 e. The van der Waals surface area contributed by atoms with Gasteiger partial charge in [0.15, 0.2) is 5.82 Å². The highest BCUT2D eigenvalue weighted by molar-refractivity contribution is 7.08. The number of halogens is 1. The van der Waals surface area contributed by atoms with Crippen LogP contribution >= 0.6 is 11.3 Å². The summed E-state index contributed by atoms with van der Waals surface area (Å²) >= 11 is 1.54. The van der Waals surface area contributed by atoms with Crippen molar-refractivity contribution in [3.05, 3.63) is 28.8 Å². The first-order valence-electron chi connectivity index (χ1n) is 8.32. The highest BCUT2D eigenvalue weighted by atomic mass is 32.1. The van der Waals surface area contributed by atoms with E-state index in [9.17, 15) is 4.39 Å². The van der Waals surface area contributed by atoms with Crippen molar-refractivity contribution in [3.8, 4) is 11.3 Å². The van der Waals surface area contributed by atoms with E-state index < -0.39 is 0 Å². The maximum Gasteiger partial charge on any atom is 0.223 e. The maximum absolute atomic E-state index is 14.0. The Morgan fingerprint density at radius 1 is 1.26 bits per heavy atom. The van der Waals surface area contributed by atoms with Gasteiger partial charge in [-0.05, 0) is 62.1 Å². The summed E-state index contributed by atoms with van der Waals surface area (Å²) in [5.41, 5.74) is 1.21. The Kier molecular flexibility index (Phi) is 4.27. The molecule has 122 valence electrons. The molecule has 4 nitrogen and oxygen atoms in total. The molecule has 3 heterocycles. The van der Waals surface area contributed by atoms with Crippen LogP contribution in [0.15, 0.2) is 23.0 Å². The Bertz CT molecular complexity index is 661. The lowest BCUT2D eigenvalue weighted by atomic mass is 9.73. The van der Waals surface area contributed by atoms with E-state index in [0.29, 0.717) is 17.7 Å². The summed E-state index contributed by atoms with van der Waals surface area (Å²) < 4.78 is 14.0. The van der Waals surface area contributed by atoms with Crippen LogP contribution in [0.2, 0.25) is 0 Å². The molecular formula is C17H21FN4S. The molecule has 2 aromatic heterocycles. The van der Waals surface area contributed by atoms with Crippen molar-refractivity contribution in [1.82, 2.24) is 15.3 Å². The van der Waals surface area contributed by atoms with Crippen LogP contribution in [-0.2, 0) is 0 Å². The minimum atomic E-state index is -0.365. The van der Waals surface area contributed by atoms with Crippen LogP contribution in [0.4, 0.5) is 10.3 Å². The predicted octanol–water partition coefficient (Wildman–Crippen LogP) is 3.53. The molecule has 23 heavy (non-hydrogen) atoms. The fourth-order valence-corrected chi connectivity index (χ4v) is 4.52. The molecule has 1 saturated heterocycles. The van der Waals surface area contributed by atoms with E-state index in [4.69, 9.17) is 0 Å². The zero-order valence-electron chi connectivity index (χ0n) is 13.0. The van der Waals surface area contributed by atoms with Crippen molar-refractivity contribution < 1.29 is 4.39 Å². The Balaban J connectivity index is 1.48. The highest BCUT2D eigenvalue weighted by Gasteiger charge is 2.32. The van der Waals surface area contributed by atoms with E-state index in [1.807, 2.05) is 16.8 Å². The Morgan fingerprint density at radius 3 is 3.09 bits per heavy atom. The van der Waals surface area contributed by atoms with Gasteiger partial charge in [-0.2, -0.15) is 11.3 Å². The number of hydrogen-bond acceptors (Lipinski definition) is 5. The van der Waals surface area contributed by atoms with Gasteiger partial charge in [-0.25, -0.2) is 14.4 Å². The number of piperidine rings is 1. The maximum atomic E-state index is 14.0. The smallest absolute Gasteiger partial charge is 0.223 e. The first kappa shape index (κ1) is 15.0. The van der Waals surface area contributed by atoms with Crippen LogP contribution in [0.25, 0.3) is 11.3 Å². The lowest BCUT2D eigenvalue weighted by Gasteiger charge is -2.39. The predicted molar refractivity (Wildman–Crippen MR) is 91.0 cm³/mol. The standard InChI is InChI=1S/C17H21FN4S/c18-15-9-20-17(22-16(15)13-4-6-23-10-13)21-14-2-1-12-8-19-5-3-11(12)7-14/h4,6,9-12,14,19H,1-3,5,7-8H2,(H,20,21,22). The molecule has 1 aliphatic heterocycles. The van der Waals surface area contributed by atoms with Crippen LogP contribution in [-0.4, -0.2) is 29.1 Å². The van der Waals surface area contributed by atoms with E-state index >= 15 is 0 Å². The molecule has 6 heteroatoms. The van der Waals surface area contributed by atoms with Crippen LogP contribution in [0.1, 0.15) is 25.7 Å². The monoisotopic (exact) mass is 332 g/mol. The van der Waals surface area contributed by atoms with Crippen molar-refractivity contribution in [2.24, 2.45) is 11.8 Å². The highest BCUT2D eigenvalue weighted by Crippen LogP contribution is 2.35.